The first-order valence-corrected chi connectivity index (χ1v) is 5.59. The molecule has 1 saturated heterocycles. The van der Waals surface area contributed by atoms with E-state index in [4.69, 9.17) is 5.73 Å². The number of halogens is 1. The first kappa shape index (κ1) is 11.3. The van der Waals surface area contributed by atoms with Crippen LogP contribution in [0.25, 0.3) is 0 Å². The van der Waals surface area contributed by atoms with Gasteiger partial charge in [-0.25, -0.2) is 14.4 Å². The Morgan fingerprint density at radius 2 is 2.31 bits per heavy atom. The van der Waals surface area contributed by atoms with Crippen molar-refractivity contribution in [3.8, 4) is 0 Å². The number of anilines is 1. The summed E-state index contributed by atoms with van der Waals surface area (Å²) in [5, 5.41) is 0. The van der Waals surface area contributed by atoms with Gasteiger partial charge in [-0.1, -0.05) is 6.92 Å². The zero-order valence-electron chi connectivity index (χ0n) is 9.65. The summed E-state index contributed by atoms with van der Waals surface area (Å²) in [4.78, 5) is 9.84. The van der Waals surface area contributed by atoms with Crippen LogP contribution < -0.4 is 10.6 Å². The van der Waals surface area contributed by atoms with Gasteiger partial charge in [-0.2, -0.15) is 0 Å². The molecule has 0 saturated carbocycles. The summed E-state index contributed by atoms with van der Waals surface area (Å²) in [5.41, 5.74) is 6.12. The highest BCUT2D eigenvalue weighted by Gasteiger charge is 2.32. The Labute approximate surface area is 94.7 Å². The molecule has 16 heavy (non-hydrogen) atoms. The molecule has 88 valence electrons. The van der Waals surface area contributed by atoms with Crippen molar-refractivity contribution < 1.29 is 4.39 Å². The highest BCUT2D eigenvalue weighted by Crippen LogP contribution is 2.29. The number of hydrogen-bond acceptors (Lipinski definition) is 4. The van der Waals surface area contributed by atoms with Gasteiger partial charge in [0.25, 0.3) is 0 Å². The maximum Gasteiger partial charge on any atom is 0.186 e. The fraction of sp³-hybridized carbons (Fsp3) is 0.636. The molecule has 2 rings (SSSR count). The van der Waals surface area contributed by atoms with Crippen molar-refractivity contribution in [2.45, 2.75) is 26.3 Å². The lowest BCUT2D eigenvalue weighted by Gasteiger charge is -2.27. The van der Waals surface area contributed by atoms with Gasteiger partial charge >= 0.3 is 0 Å². The molecular formula is C11H17FN4. The lowest BCUT2D eigenvalue weighted by molar-refractivity contribution is 0.509. The molecule has 0 amide bonds. The van der Waals surface area contributed by atoms with Crippen LogP contribution in [0.1, 0.15) is 19.0 Å². The minimum atomic E-state index is -0.324. The molecule has 1 aromatic heterocycles. The van der Waals surface area contributed by atoms with Crippen LogP contribution in [0.4, 0.5) is 10.2 Å². The Morgan fingerprint density at radius 3 is 3.00 bits per heavy atom. The third kappa shape index (κ3) is 1.75. The Bertz CT molecular complexity index is 382. The highest BCUT2D eigenvalue weighted by molar-refractivity contribution is 5.43. The summed E-state index contributed by atoms with van der Waals surface area (Å²) < 4.78 is 13.9. The van der Waals surface area contributed by atoms with E-state index >= 15 is 0 Å². The highest BCUT2D eigenvalue weighted by atomic mass is 19.1. The van der Waals surface area contributed by atoms with Crippen LogP contribution in [-0.2, 0) is 0 Å². The monoisotopic (exact) mass is 224 g/mol. The maximum atomic E-state index is 13.9. The summed E-state index contributed by atoms with van der Waals surface area (Å²) in [6, 6.07) is 0.184. The standard InChI is InChI=1S/C11H17FN4/c1-7-3-4-16(9(7)5-13)11-10(12)8(2)14-6-15-11/h6-7,9H,3-5,13H2,1-2H3. The van der Waals surface area contributed by atoms with Gasteiger partial charge in [0.15, 0.2) is 11.6 Å². The first-order chi connectivity index (χ1) is 7.65. The van der Waals surface area contributed by atoms with E-state index in [0.29, 0.717) is 24.0 Å². The van der Waals surface area contributed by atoms with Gasteiger partial charge in [-0.15, -0.1) is 0 Å². The zero-order chi connectivity index (χ0) is 11.7. The molecule has 1 aliphatic rings. The molecule has 2 atom stereocenters. The topological polar surface area (TPSA) is 55.0 Å². The summed E-state index contributed by atoms with van der Waals surface area (Å²) in [5.74, 6) is 0.557. The summed E-state index contributed by atoms with van der Waals surface area (Å²) in [6.45, 7) is 5.14. The summed E-state index contributed by atoms with van der Waals surface area (Å²) in [6.07, 6.45) is 2.44. The van der Waals surface area contributed by atoms with Gasteiger partial charge in [0.1, 0.15) is 6.33 Å². The molecule has 0 aliphatic carbocycles. The first-order valence-electron chi connectivity index (χ1n) is 5.59. The molecule has 2 heterocycles. The minimum Gasteiger partial charge on any atom is -0.350 e. The second kappa shape index (κ2) is 4.33. The van der Waals surface area contributed by atoms with Crippen molar-refractivity contribution in [1.29, 1.82) is 0 Å². The largest absolute Gasteiger partial charge is 0.350 e. The molecule has 1 fully saturated rings. The molecule has 1 aromatic rings. The SMILES string of the molecule is Cc1ncnc(N2CCC(C)C2CN)c1F. The van der Waals surface area contributed by atoms with E-state index in [1.807, 2.05) is 4.90 Å². The second-order valence-corrected chi connectivity index (χ2v) is 4.36. The normalized spacial score (nSPS) is 25.1. The smallest absolute Gasteiger partial charge is 0.186 e. The molecule has 0 spiro atoms. The van der Waals surface area contributed by atoms with Crippen molar-refractivity contribution in [1.82, 2.24) is 9.97 Å². The van der Waals surface area contributed by atoms with Crippen molar-refractivity contribution in [3.63, 3.8) is 0 Å². The minimum absolute atomic E-state index is 0.184. The fourth-order valence-corrected chi connectivity index (χ4v) is 2.28. The van der Waals surface area contributed by atoms with Gasteiger partial charge in [0.05, 0.1) is 5.69 Å². The molecule has 4 nitrogen and oxygen atoms in total. The van der Waals surface area contributed by atoms with Crippen LogP contribution in [-0.4, -0.2) is 29.1 Å². The van der Waals surface area contributed by atoms with E-state index in [1.54, 1.807) is 6.92 Å². The Morgan fingerprint density at radius 1 is 1.56 bits per heavy atom. The number of nitrogens with zero attached hydrogens (tertiary/aromatic N) is 3. The van der Waals surface area contributed by atoms with Crippen LogP contribution in [0.15, 0.2) is 6.33 Å². The number of nitrogens with two attached hydrogens (primary N) is 1. The van der Waals surface area contributed by atoms with Crippen LogP contribution >= 0.6 is 0 Å². The van der Waals surface area contributed by atoms with Crippen molar-refractivity contribution in [2.24, 2.45) is 11.7 Å². The molecule has 2 N–H and O–H groups in total. The average Bonchev–Trinajstić information content (AvgIpc) is 2.63. The quantitative estimate of drug-likeness (QED) is 0.817. The van der Waals surface area contributed by atoms with Crippen LogP contribution in [0.2, 0.25) is 0 Å². The second-order valence-electron chi connectivity index (χ2n) is 4.36. The predicted molar refractivity (Wildman–Crippen MR) is 60.7 cm³/mol. The molecule has 0 radical (unpaired) electrons. The Kier molecular flexibility index (Phi) is 3.05. The predicted octanol–water partition coefficient (Wildman–Crippen LogP) is 1.10. The van der Waals surface area contributed by atoms with E-state index in [1.165, 1.54) is 6.33 Å². The number of rotatable bonds is 2. The summed E-state index contributed by atoms with van der Waals surface area (Å²) >= 11 is 0. The average molecular weight is 224 g/mol. The lowest BCUT2D eigenvalue weighted by atomic mass is 10.0. The summed E-state index contributed by atoms with van der Waals surface area (Å²) in [7, 11) is 0. The molecule has 2 unspecified atom stereocenters. The third-order valence-electron chi connectivity index (χ3n) is 3.34. The maximum absolute atomic E-state index is 13.9. The van der Waals surface area contributed by atoms with Crippen molar-refractivity contribution in [3.05, 3.63) is 17.8 Å². The van der Waals surface area contributed by atoms with E-state index in [2.05, 4.69) is 16.9 Å². The number of aryl methyl sites for hydroxylation is 1. The van der Waals surface area contributed by atoms with Gasteiger partial charge in [-0.05, 0) is 19.3 Å². The lowest BCUT2D eigenvalue weighted by Crippen LogP contribution is -2.39. The van der Waals surface area contributed by atoms with Crippen molar-refractivity contribution in [2.75, 3.05) is 18.0 Å². The van der Waals surface area contributed by atoms with Gasteiger partial charge in [-0.3, -0.25) is 0 Å². The van der Waals surface area contributed by atoms with Crippen LogP contribution in [0, 0.1) is 18.7 Å². The van der Waals surface area contributed by atoms with Gasteiger partial charge in [0.2, 0.25) is 0 Å². The molecular weight excluding hydrogens is 207 g/mol. The van der Waals surface area contributed by atoms with Crippen LogP contribution in [0.3, 0.4) is 0 Å². The van der Waals surface area contributed by atoms with Crippen molar-refractivity contribution >= 4 is 5.82 Å². The van der Waals surface area contributed by atoms with E-state index in [9.17, 15) is 4.39 Å². The van der Waals surface area contributed by atoms with Gasteiger partial charge < -0.3 is 10.6 Å². The number of hydrogen-bond donors (Lipinski definition) is 1. The fourth-order valence-electron chi connectivity index (χ4n) is 2.28. The Hall–Kier alpha value is -1.23. The molecule has 0 bridgehead atoms. The third-order valence-corrected chi connectivity index (χ3v) is 3.34. The molecule has 1 aliphatic heterocycles. The molecule has 0 aromatic carbocycles. The van der Waals surface area contributed by atoms with E-state index in [0.717, 1.165) is 13.0 Å². The van der Waals surface area contributed by atoms with E-state index in [-0.39, 0.29) is 11.9 Å². The number of aromatic nitrogens is 2. The zero-order valence-corrected chi connectivity index (χ0v) is 9.65. The van der Waals surface area contributed by atoms with Gasteiger partial charge in [0, 0.05) is 19.1 Å². The van der Waals surface area contributed by atoms with Crippen LogP contribution in [0.5, 0.6) is 0 Å². The molecule has 5 heteroatoms. The Balaban J connectivity index is 2.34. The van der Waals surface area contributed by atoms with E-state index < -0.39 is 0 Å².